The lowest BCUT2D eigenvalue weighted by atomic mass is 10.1. The van der Waals surface area contributed by atoms with Crippen molar-refractivity contribution in [3.05, 3.63) is 0 Å². The van der Waals surface area contributed by atoms with E-state index in [0.717, 1.165) is 39.1 Å². The molecule has 2 saturated heterocycles. The number of Topliss-reactive ketones (excluding diaryl/α,β-unsaturated/α-hetero) is 1. The van der Waals surface area contributed by atoms with Gasteiger partial charge in [-0.3, -0.25) is 14.6 Å². The van der Waals surface area contributed by atoms with Gasteiger partial charge in [-0.2, -0.15) is 0 Å². The fraction of sp³-hybridized carbons (Fsp3) is 0.923. The van der Waals surface area contributed by atoms with Gasteiger partial charge >= 0.3 is 0 Å². The molecule has 104 valence electrons. The number of nitrogens with two attached hydrogens (primary N) is 1. The van der Waals surface area contributed by atoms with Gasteiger partial charge in [0.25, 0.3) is 0 Å². The highest BCUT2D eigenvalue weighted by Gasteiger charge is 2.47. The highest BCUT2D eigenvalue weighted by Crippen LogP contribution is 2.25. The molecule has 0 bridgehead atoms. The highest BCUT2D eigenvalue weighted by molar-refractivity contribution is 5.91. The Balaban J connectivity index is 2.12. The molecule has 2 N–H and O–H groups in total. The summed E-state index contributed by atoms with van der Waals surface area (Å²) in [6, 6.07) is -0.312. The Morgan fingerprint density at radius 3 is 2.33 bits per heavy atom. The molecule has 0 saturated carbocycles. The first-order chi connectivity index (χ1) is 8.60. The van der Waals surface area contributed by atoms with Crippen molar-refractivity contribution in [2.45, 2.75) is 38.5 Å². The molecule has 0 aliphatic carbocycles. The van der Waals surface area contributed by atoms with Crippen molar-refractivity contribution in [2.75, 3.05) is 39.8 Å². The molecule has 3 atom stereocenters. The third-order valence-electron chi connectivity index (χ3n) is 4.38. The summed E-state index contributed by atoms with van der Waals surface area (Å²) >= 11 is 0. The zero-order chi connectivity index (χ0) is 13.3. The van der Waals surface area contributed by atoms with Crippen LogP contribution in [0.25, 0.3) is 0 Å². The van der Waals surface area contributed by atoms with Crippen LogP contribution in [-0.2, 0) is 4.79 Å². The van der Waals surface area contributed by atoms with Crippen LogP contribution in [0.1, 0.15) is 20.3 Å². The summed E-state index contributed by atoms with van der Waals surface area (Å²) in [7, 11) is 2.14. The molecule has 0 aromatic heterocycles. The third kappa shape index (κ3) is 2.32. The summed E-state index contributed by atoms with van der Waals surface area (Å²) in [5.74, 6) is 0.225. The van der Waals surface area contributed by atoms with Crippen LogP contribution in [0, 0.1) is 0 Å². The molecule has 2 aliphatic heterocycles. The number of piperazine rings is 1. The smallest absolute Gasteiger partial charge is 0.169 e. The average Bonchev–Trinajstić information content (AvgIpc) is 2.62. The predicted octanol–water partition coefficient (Wildman–Crippen LogP) is -0.430. The van der Waals surface area contributed by atoms with Gasteiger partial charge in [0.2, 0.25) is 0 Å². The minimum absolute atomic E-state index is 0.0228. The topological polar surface area (TPSA) is 52.8 Å². The van der Waals surface area contributed by atoms with Gasteiger partial charge in [-0.05, 0) is 20.0 Å². The molecular weight excluding hydrogens is 228 g/mol. The first kappa shape index (κ1) is 13.9. The Labute approximate surface area is 110 Å². The van der Waals surface area contributed by atoms with E-state index in [1.807, 2.05) is 0 Å². The first-order valence-electron chi connectivity index (χ1n) is 7.07. The quantitative estimate of drug-likeness (QED) is 0.741. The van der Waals surface area contributed by atoms with Gasteiger partial charge in [0.1, 0.15) is 0 Å². The van der Waals surface area contributed by atoms with E-state index in [1.165, 1.54) is 0 Å². The molecule has 2 rings (SSSR count). The van der Waals surface area contributed by atoms with Crippen molar-refractivity contribution in [2.24, 2.45) is 5.73 Å². The fourth-order valence-electron chi connectivity index (χ4n) is 3.29. The molecule has 3 unspecified atom stereocenters. The largest absolute Gasteiger partial charge is 0.319 e. The van der Waals surface area contributed by atoms with E-state index in [0.29, 0.717) is 0 Å². The molecule has 5 nitrogen and oxygen atoms in total. The number of rotatable bonds is 3. The number of hydrogen-bond acceptors (Lipinski definition) is 5. The summed E-state index contributed by atoms with van der Waals surface area (Å²) in [5.41, 5.74) is 6.17. The highest BCUT2D eigenvalue weighted by atomic mass is 16.1. The predicted molar refractivity (Wildman–Crippen MR) is 72.3 cm³/mol. The molecule has 2 fully saturated rings. The van der Waals surface area contributed by atoms with E-state index in [4.69, 9.17) is 5.73 Å². The zero-order valence-corrected chi connectivity index (χ0v) is 11.8. The zero-order valence-electron chi connectivity index (χ0n) is 11.8. The number of nitrogens with zero attached hydrogens (tertiary/aromatic N) is 3. The van der Waals surface area contributed by atoms with Crippen molar-refractivity contribution in [3.8, 4) is 0 Å². The van der Waals surface area contributed by atoms with Crippen LogP contribution < -0.4 is 5.73 Å². The van der Waals surface area contributed by atoms with Crippen LogP contribution in [0.2, 0.25) is 0 Å². The van der Waals surface area contributed by atoms with Gasteiger partial charge in [-0.15, -0.1) is 0 Å². The minimum Gasteiger partial charge on any atom is -0.319 e. The summed E-state index contributed by atoms with van der Waals surface area (Å²) < 4.78 is 0. The molecule has 2 aliphatic rings. The fourth-order valence-corrected chi connectivity index (χ4v) is 3.29. The number of carbonyl (C=O) groups is 1. The van der Waals surface area contributed by atoms with Crippen molar-refractivity contribution >= 4 is 5.78 Å². The van der Waals surface area contributed by atoms with E-state index < -0.39 is 0 Å². The van der Waals surface area contributed by atoms with E-state index in [-0.39, 0.29) is 24.0 Å². The Morgan fingerprint density at radius 2 is 1.83 bits per heavy atom. The van der Waals surface area contributed by atoms with Gasteiger partial charge in [0.15, 0.2) is 5.78 Å². The Hall–Kier alpha value is -0.490. The second-order valence-electron chi connectivity index (χ2n) is 5.44. The maximum atomic E-state index is 12.2. The van der Waals surface area contributed by atoms with Crippen molar-refractivity contribution < 1.29 is 4.79 Å². The summed E-state index contributed by atoms with van der Waals surface area (Å²) in [5, 5.41) is 0. The standard InChI is InChI=1S/C13H26N4O/c1-4-10-12(18)11(14)13(17(10)5-2)16-8-6-15(3)7-9-16/h10-11,13H,4-9,14H2,1-3H3. The maximum Gasteiger partial charge on any atom is 0.169 e. The van der Waals surface area contributed by atoms with Crippen LogP contribution in [0.5, 0.6) is 0 Å². The lowest BCUT2D eigenvalue weighted by Crippen LogP contribution is -2.58. The number of likely N-dealkylation sites (tertiary alicyclic amines) is 1. The maximum absolute atomic E-state index is 12.2. The lowest BCUT2D eigenvalue weighted by molar-refractivity contribution is -0.120. The molecule has 0 aromatic carbocycles. The van der Waals surface area contributed by atoms with Crippen LogP contribution in [0.3, 0.4) is 0 Å². The van der Waals surface area contributed by atoms with Crippen LogP contribution >= 0.6 is 0 Å². The monoisotopic (exact) mass is 254 g/mol. The molecule has 5 heteroatoms. The van der Waals surface area contributed by atoms with E-state index >= 15 is 0 Å². The van der Waals surface area contributed by atoms with Crippen LogP contribution in [0.4, 0.5) is 0 Å². The van der Waals surface area contributed by atoms with Gasteiger partial charge in [0.05, 0.1) is 18.2 Å². The van der Waals surface area contributed by atoms with Gasteiger partial charge in [0, 0.05) is 26.2 Å². The number of ketones is 1. The molecule has 0 aromatic rings. The Morgan fingerprint density at radius 1 is 1.22 bits per heavy atom. The first-order valence-corrected chi connectivity index (χ1v) is 7.07. The van der Waals surface area contributed by atoms with Gasteiger partial charge in [-0.1, -0.05) is 13.8 Å². The van der Waals surface area contributed by atoms with Crippen LogP contribution in [0.15, 0.2) is 0 Å². The normalized spacial score (nSPS) is 36.4. The molecular formula is C13H26N4O. The molecule has 0 amide bonds. The summed E-state index contributed by atoms with van der Waals surface area (Å²) in [6.07, 6.45) is 0.978. The second-order valence-corrected chi connectivity index (χ2v) is 5.44. The summed E-state index contributed by atoms with van der Waals surface area (Å²) in [6.45, 7) is 9.23. The molecule has 18 heavy (non-hydrogen) atoms. The number of likely N-dealkylation sites (N-methyl/N-ethyl adjacent to an activating group) is 2. The average molecular weight is 254 g/mol. The molecule has 0 spiro atoms. The number of carbonyl (C=O) groups excluding carboxylic acids is 1. The van der Waals surface area contributed by atoms with Crippen molar-refractivity contribution in [1.82, 2.24) is 14.7 Å². The minimum atomic E-state index is -0.335. The van der Waals surface area contributed by atoms with Gasteiger partial charge < -0.3 is 10.6 Å². The van der Waals surface area contributed by atoms with Crippen molar-refractivity contribution in [1.29, 1.82) is 0 Å². The Bertz CT molecular complexity index is 301. The van der Waals surface area contributed by atoms with Crippen molar-refractivity contribution in [3.63, 3.8) is 0 Å². The van der Waals surface area contributed by atoms with E-state index in [1.54, 1.807) is 0 Å². The molecule has 2 heterocycles. The Kier molecular flexibility index (Phi) is 4.37. The molecule has 0 radical (unpaired) electrons. The second kappa shape index (κ2) is 5.65. The lowest BCUT2D eigenvalue weighted by Gasteiger charge is -2.41. The third-order valence-corrected chi connectivity index (χ3v) is 4.38. The summed E-state index contributed by atoms with van der Waals surface area (Å²) in [4.78, 5) is 19.2. The van der Waals surface area contributed by atoms with Gasteiger partial charge in [-0.25, -0.2) is 0 Å². The van der Waals surface area contributed by atoms with Crippen LogP contribution in [-0.4, -0.2) is 78.5 Å². The van der Waals surface area contributed by atoms with E-state index in [9.17, 15) is 4.79 Å². The number of hydrogen-bond donors (Lipinski definition) is 1. The SMILES string of the molecule is CCC1C(=O)C(N)C(N2CCN(C)CC2)N1CC. The van der Waals surface area contributed by atoms with E-state index in [2.05, 4.69) is 35.6 Å².